The van der Waals surface area contributed by atoms with E-state index < -0.39 is 155 Å². The SMILES string of the molecule is CC(C)C[C@@H]1NC(=O)[C@@H](Cc2ccccc2)NC(=O)[C@H](CCN)NC[C@@H](NC(=O)[C@H](CCN)NC(=O)[C@@H](NC(=O)[C@H](CCN)OC(=O)c2c(F)cc(-c3ccccc3)cc2F)C(C)O)CCNC(=O)[C@H](C(C)O)NC(=O)[C@H](CCN)NC(=O)[C@H](CCN)NC1=O. The fourth-order valence-electron chi connectivity index (χ4n) is 9.66. The molecule has 3 aromatic rings. The molecule has 9 amide bonds. The second-order valence-corrected chi connectivity index (χ2v) is 22.3. The number of nitrogens with one attached hydrogen (secondary N) is 10. The fraction of sp³-hybridized carbons (Fsp3) is 0.533. The van der Waals surface area contributed by atoms with Gasteiger partial charge in [-0.25, -0.2) is 13.6 Å². The third-order valence-corrected chi connectivity index (χ3v) is 14.5. The topological polar surface area (TPSA) is 471 Å². The first kappa shape index (κ1) is 74.4. The van der Waals surface area contributed by atoms with Crippen LogP contribution in [0, 0.1) is 17.6 Å². The van der Waals surface area contributed by atoms with Crippen LogP contribution in [0.15, 0.2) is 72.8 Å². The van der Waals surface area contributed by atoms with Gasteiger partial charge >= 0.3 is 5.97 Å². The molecule has 4 rings (SSSR count). The van der Waals surface area contributed by atoms with E-state index in [0.717, 1.165) is 19.1 Å². The molecule has 12 atom stereocenters. The Hall–Kier alpha value is -8.10. The van der Waals surface area contributed by atoms with Crippen LogP contribution in [0.25, 0.3) is 11.1 Å². The molecule has 0 aliphatic carbocycles. The fourth-order valence-corrected chi connectivity index (χ4v) is 9.66. The number of amides is 9. The Kier molecular flexibility index (Phi) is 31.2. The largest absolute Gasteiger partial charge is 0.448 e. The van der Waals surface area contributed by atoms with Crippen LogP contribution in [0.1, 0.15) is 88.6 Å². The third kappa shape index (κ3) is 23.4. The van der Waals surface area contributed by atoms with E-state index in [9.17, 15) is 58.2 Å². The van der Waals surface area contributed by atoms with Gasteiger partial charge in [-0.05, 0) is 120 Å². The van der Waals surface area contributed by atoms with Crippen molar-refractivity contribution in [1.29, 1.82) is 0 Å². The number of carbonyl (C=O) groups is 10. The maximum absolute atomic E-state index is 15.4. The lowest BCUT2D eigenvalue weighted by Gasteiger charge is -2.29. The molecule has 2 unspecified atom stereocenters. The number of hydrogen-bond donors (Lipinski definition) is 17. The molecule has 0 saturated carbocycles. The predicted molar refractivity (Wildman–Crippen MR) is 327 cm³/mol. The van der Waals surface area contributed by atoms with Gasteiger partial charge in [0.1, 0.15) is 59.5 Å². The summed E-state index contributed by atoms with van der Waals surface area (Å²) in [5.74, 6) is -12.7. The number of hydrogen-bond acceptors (Lipinski definition) is 19. The average molecular weight is 1270 g/mol. The maximum atomic E-state index is 15.4. The molecule has 0 spiro atoms. The van der Waals surface area contributed by atoms with Gasteiger partial charge in [0.15, 0.2) is 6.10 Å². The van der Waals surface area contributed by atoms with Crippen LogP contribution in [-0.2, 0) is 54.3 Å². The maximum Gasteiger partial charge on any atom is 0.344 e. The lowest BCUT2D eigenvalue weighted by molar-refractivity contribution is -0.138. The molecule has 3 aromatic carbocycles. The lowest BCUT2D eigenvalue weighted by atomic mass is 10.00. The van der Waals surface area contributed by atoms with Crippen molar-refractivity contribution in [2.75, 3.05) is 45.8 Å². The summed E-state index contributed by atoms with van der Waals surface area (Å²) in [6, 6.07) is 5.98. The first-order valence-corrected chi connectivity index (χ1v) is 30.0. The van der Waals surface area contributed by atoms with Gasteiger partial charge in [-0.15, -0.1) is 0 Å². The van der Waals surface area contributed by atoms with Crippen LogP contribution >= 0.6 is 0 Å². The van der Waals surface area contributed by atoms with Crippen molar-refractivity contribution in [3.8, 4) is 11.1 Å². The minimum absolute atomic E-state index is 0.0495. The van der Waals surface area contributed by atoms with E-state index >= 15 is 8.78 Å². The lowest BCUT2D eigenvalue weighted by Crippen LogP contribution is -2.61. The van der Waals surface area contributed by atoms with Crippen molar-refractivity contribution in [1.82, 2.24) is 53.2 Å². The number of nitrogens with two attached hydrogens (primary N) is 5. The molecule has 22 N–H and O–H groups in total. The van der Waals surface area contributed by atoms with Gasteiger partial charge in [-0.1, -0.05) is 74.5 Å². The number of carbonyl (C=O) groups excluding carboxylic acids is 10. The van der Waals surface area contributed by atoms with Crippen LogP contribution in [0.2, 0.25) is 0 Å². The average Bonchev–Trinajstić information content (AvgIpc) is 1.23. The van der Waals surface area contributed by atoms with Crippen molar-refractivity contribution in [3.05, 3.63) is 95.6 Å². The molecule has 1 aliphatic heterocycles. The predicted octanol–water partition coefficient (Wildman–Crippen LogP) is -3.69. The van der Waals surface area contributed by atoms with E-state index in [1.165, 1.54) is 6.92 Å². The molecular weight excluding hydrogens is 1180 g/mol. The summed E-state index contributed by atoms with van der Waals surface area (Å²) in [5.41, 5.74) is 29.4. The number of ether oxygens (including phenoxy) is 1. The highest BCUT2D eigenvalue weighted by molar-refractivity contribution is 5.98. The van der Waals surface area contributed by atoms with Gasteiger partial charge in [0.05, 0.1) is 18.2 Å². The second-order valence-electron chi connectivity index (χ2n) is 22.3. The summed E-state index contributed by atoms with van der Waals surface area (Å²) < 4.78 is 36.0. The number of rotatable bonds is 25. The molecule has 1 heterocycles. The Morgan fingerprint density at radius 2 is 1.11 bits per heavy atom. The highest BCUT2D eigenvalue weighted by Crippen LogP contribution is 2.26. The van der Waals surface area contributed by atoms with Gasteiger partial charge in [0, 0.05) is 32.0 Å². The van der Waals surface area contributed by atoms with Gasteiger partial charge in [0.2, 0.25) is 47.3 Å². The summed E-state index contributed by atoms with van der Waals surface area (Å²) in [7, 11) is 0. The van der Waals surface area contributed by atoms with Crippen LogP contribution < -0.4 is 81.8 Å². The zero-order valence-electron chi connectivity index (χ0n) is 51.1. The van der Waals surface area contributed by atoms with E-state index in [1.54, 1.807) is 74.5 Å². The highest BCUT2D eigenvalue weighted by atomic mass is 19.1. The number of benzene rings is 3. The van der Waals surface area contributed by atoms with Crippen molar-refractivity contribution < 1.29 is 71.7 Å². The summed E-state index contributed by atoms with van der Waals surface area (Å²) in [6.45, 7) is 4.49. The molecule has 0 bridgehead atoms. The zero-order chi connectivity index (χ0) is 66.6. The van der Waals surface area contributed by atoms with Crippen molar-refractivity contribution >= 4 is 59.1 Å². The van der Waals surface area contributed by atoms with Crippen molar-refractivity contribution in [2.45, 2.75) is 152 Å². The molecule has 0 radical (unpaired) electrons. The standard InChI is InChI=1S/C60H89F2N15O13/c1-32(2)27-45-55(84)72-43(17-23-65)53(82)71-44(18-24-66)54(83)76-49(33(3)78)58(87)68-26-20-38(31-69-41(15-21-63)51(80)75-46(56(85)74-45)28-35-11-7-5-8-12-35)70-52(81)42(16-22-64)73-59(88)50(34(4)79)77-57(86)47(19-25-67)90-60(89)48-39(61)29-37(30-40(48)62)36-13-9-6-10-14-36/h5-14,29-30,32-34,38,41-47,49-50,69,78-79H,15-28,31,63-67H2,1-4H3,(H,68,87)(H,70,81)(H,71,82)(H,72,84)(H,73,88)(H,74,85)(H,75,80)(H,76,83)(H,77,86)/t33?,34?,38-,41-,42-,43-,44-,45-,46+,47-,49-,50-/m0/s1. The number of aliphatic hydroxyl groups excluding tert-OH is 2. The monoisotopic (exact) mass is 1270 g/mol. The van der Waals surface area contributed by atoms with Crippen LogP contribution in [0.3, 0.4) is 0 Å². The Bertz CT molecular complexity index is 2860. The van der Waals surface area contributed by atoms with Gasteiger partial charge in [0.25, 0.3) is 5.91 Å². The summed E-state index contributed by atoms with van der Waals surface area (Å²) >= 11 is 0. The normalized spacial score (nSPS) is 21.9. The summed E-state index contributed by atoms with van der Waals surface area (Å²) in [5, 5.41) is 47.9. The summed E-state index contributed by atoms with van der Waals surface area (Å²) in [4.78, 5) is 140. The minimum Gasteiger partial charge on any atom is -0.448 e. The molecule has 1 aliphatic rings. The number of esters is 1. The Labute approximate surface area is 521 Å². The molecule has 28 nitrogen and oxygen atoms in total. The number of halogens is 2. The van der Waals surface area contributed by atoms with Gasteiger partial charge in [-0.3, -0.25) is 43.2 Å². The molecule has 1 fully saturated rings. The van der Waals surface area contributed by atoms with E-state index in [2.05, 4.69) is 53.2 Å². The summed E-state index contributed by atoms with van der Waals surface area (Å²) in [6.07, 6.45) is -6.29. The van der Waals surface area contributed by atoms with Crippen LogP contribution in [0.4, 0.5) is 8.78 Å². The smallest absolute Gasteiger partial charge is 0.344 e. The minimum atomic E-state index is -1.87. The molecule has 90 heavy (non-hydrogen) atoms. The van der Waals surface area contributed by atoms with Gasteiger partial charge < -0.3 is 96.8 Å². The van der Waals surface area contributed by atoms with E-state index in [1.807, 2.05) is 0 Å². The zero-order valence-corrected chi connectivity index (χ0v) is 51.1. The van der Waals surface area contributed by atoms with E-state index in [0.29, 0.717) is 11.1 Å². The first-order chi connectivity index (χ1) is 42.8. The molecule has 0 aromatic heterocycles. The molecular formula is C60H89F2N15O13. The Morgan fingerprint density at radius 3 is 1.66 bits per heavy atom. The van der Waals surface area contributed by atoms with Crippen LogP contribution in [-0.4, -0.2) is 188 Å². The number of aliphatic hydroxyl groups is 2. The second kappa shape index (κ2) is 37.8. The van der Waals surface area contributed by atoms with Gasteiger partial charge in [-0.2, -0.15) is 0 Å². The van der Waals surface area contributed by atoms with E-state index in [-0.39, 0.29) is 102 Å². The van der Waals surface area contributed by atoms with Crippen molar-refractivity contribution in [3.63, 3.8) is 0 Å². The first-order valence-electron chi connectivity index (χ1n) is 30.0. The highest BCUT2D eigenvalue weighted by Gasteiger charge is 2.37. The Morgan fingerprint density at radius 1 is 0.600 bits per heavy atom. The van der Waals surface area contributed by atoms with Crippen molar-refractivity contribution in [2.24, 2.45) is 34.6 Å². The molecule has 1 saturated heterocycles. The third-order valence-electron chi connectivity index (χ3n) is 14.5. The molecule has 496 valence electrons. The van der Waals surface area contributed by atoms with E-state index in [4.69, 9.17) is 33.4 Å². The quantitative estimate of drug-likeness (QED) is 0.0363. The van der Waals surface area contributed by atoms with Crippen LogP contribution in [0.5, 0.6) is 0 Å². The molecule has 30 heteroatoms. The Balaban J connectivity index is 1.67.